The molecule has 2 aromatic carbocycles. The molecule has 0 spiro atoms. The smallest absolute Gasteiger partial charge is 0.271 e. The van der Waals surface area contributed by atoms with Crippen molar-refractivity contribution in [3.05, 3.63) is 61.6 Å². The van der Waals surface area contributed by atoms with E-state index in [2.05, 4.69) is 21.2 Å². The molecule has 23 heavy (non-hydrogen) atoms. The van der Waals surface area contributed by atoms with Crippen molar-refractivity contribution in [1.82, 2.24) is 0 Å². The Bertz CT molecular complexity index is 767. The predicted molar refractivity (Wildman–Crippen MR) is 91.1 cm³/mol. The van der Waals surface area contributed by atoms with E-state index in [1.165, 1.54) is 12.1 Å². The Kier molecular flexibility index (Phi) is 5.57. The lowest BCUT2D eigenvalue weighted by Crippen LogP contribution is -2.20. The minimum Gasteiger partial charge on any atom is -0.482 e. The van der Waals surface area contributed by atoms with E-state index in [1.54, 1.807) is 31.2 Å². The van der Waals surface area contributed by atoms with Crippen LogP contribution in [0.4, 0.5) is 11.4 Å². The maximum absolute atomic E-state index is 11.9. The number of ether oxygens (including phenoxy) is 1. The van der Waals surface area contributed by atoms with Gasteiger partial charge in [-0.2, -0.15) is 0 Å². The summed E-state index contributed by atoms with van der Waals surface area (Å²) in [7, 11) is 0. The first-order valence-corrected chi connectivity index (χ1v) is 7.66. The summed E-state index contributed by atoms with van der Waals surface area (Å²) >= 11 is 9.26. The van der Waals surface area contributed by atoms with Crippen molar-refractivity contribution in [1.29, 1.82) is 0 Å². The van der Waals surface area contributed by atoms with Crippen LogP contribution < -0.4 is 10.1 Å². The number of nitro benzene ring substituents is 1. The van der Waals surface area contributed by atoms with E-state index in [-0.39, 0.29) is 12.3 Å². The molecule has 8 heteroatoms. The van der Waals surface area contributed by atoms with Gasteiger partial charge in [0.25, 0.3) is 11.6 Å². The molecule has 2 rings (SSSR count). The number of amides is 1. The highest BCUT2D eigenvalue weighted by Crippen LogP contribution is 2.28. The zero-order valence-electron chi connectivity index (χ0n) is 12.0. The molecule has 0 fully saturated rings. The first kappa shape index (κ1) is 17.2. The summed E-state index contributed by atoms with van der Waals surface area (Å²) in [6.07, 6.45) is 0. The van der Waals surface area contributed by atoms with E-state index in [0.29, 0.717) is 22.0 Å². The Morgan fingerprint density at radius 1 is 1.35 bits per heavy atom. The van der Waals surface area contributed by atoms with Gasteiger partial charge in [0.2, 0.25) is 0 Å². The molecule has 0 bridgehead atoms. The minimum absolute atomic E-state index is 0.0947. The van der Waals surface area contributed by atoms with Crippen LogP contribution in [-0.2, 0) is 4.79 Å². The molecule has 0 atom stereocenters. The quantitative estimate of drug-likeness (QED) is 0.599. The van der Waals surface area contributed by atoms with Crippen molar-refractivity contribution in [2.45, 2.75) is 6.92 Å². The van der Waals surface area contributed by atoms with Gasteiger partial charge in [0, 0.05) is 16.6 Å². The lowest BCUT2D eigenvalue weighted by Gasteiger charge is -2.10. The van der Waals surface area contributed by atoms with Crippen LogP contribution in [0.5, 0.6) is 5.75 Å². The third kappa shape index (κ3) is 4.67. The zero-order chi connectivity index (χ0) is 17.0. The standard InChI is InChI=1S/C15H12BrClN2O4/c1-9-2-4-11(19(21)22)7-13(9)18-15(20)8-23-14-5-3-10(16)6-12(14)17/h2-7H,8H2,1H3,(H,18,20). The Hall–Kier alpha value is -2.12. The maximum Gasteiger partial charge on any atom is 0.271 e. The lowest BCUT2D eigenvalue weighted by atomic mass is 10.2. The average Bonchev–Trinajstić information content (AvgIpc) is 2.48. The summed E-state index contributed by atoms with van der Waals surface area (Å²) < 4.78 is 6.14. The fourth-order valence-corrected chi connectivity index (χ4v) is 2.51. The van der Waals surface area contributed by atoms with Crippen LogP contribution in [0, 0.1) is 17.0 Å². The number of rotatable bonds is 5. The van der Waals surface area contributed by atoms with Gasteiger partial charge in [-0.25, -0.2) is 0 Å². The Balaban J connectivity index is 2.02. The number of nitro groups is 1. The monoisotopic (exact) mass is 398 g/mol. The first-order chi connectivity index (χ1) is 10.9. The van der Waals surface area contributed by atoms with Crippen molar-refractivity contribution in [3.8, 4) is 5.75 Å². The van der Waals surface area contributed by atoms with E-state index in [0.717, 1.165) is 4.47 Å². The third-order valence-electron chi connectivity index (χ3n) is 2.96. The van der Waals surface area contributed by atoms with Crippen LogP contribution in [0.1, 0.15) is 5.56 Å². The molecule has 0 aromatic heterocycles. The topological polar surface area (TPSA) is 81.5 Å². The van der Waals surface area contributed by atoms with Gasteiger partial charge in [-0.05, 0) is 30.7 Å². The van der Waals surface area contributed by atoms with Crippen LogP contribution in [0.15, 0.2) is 40.9 Å². The van der Waals surface area contributed by atoms with Crippen LogP contribution in [-0.4, -0.2) is 17.4 Å². The van der Waals surface area contributed by atoms with Crippen molar-refractivity contribution in [2.24, 2.45) is 0 Å². The second-order valence-corrected chi connectivity index (χ2v) is 5.99. The molecule has 0 aliphatic carbocycles. The number of carbonyl (C=O) groups excluding carboxylic acids is 1. The van der Waals surface area contributed by atoms with Gasteiger partial charge >= 0.3 is 0 Å². The number of benzene rings is 2. The highest BCUT2D eigenvalue weighted by Gasteiger charge is 2.12. The molecule has 0 radical (unpaired) electrons. The van der Waals surface area contributed by atoms with E-state index in [9.17, 15) is 14.9 Å². The number of hydrogen-bond acceptors (Lipinski definition) is 4. The molecule has 0 saturated carbocycles. The van der Waals surface area contributed by atoms with Crippen molar-refractivity contribution >= 4 is 44.8 Å². The van der Waals surface area contributed by atoms with Gasteiger partial charge in [0.05, 0.1) is 15.6 Å². The lowest BCUT2D eigenvalue weighted by molar-refractivity contribution is -0.384. The zero-order valence-corrected chi connectivity index (χ0v) is 14.3. The third-order valence-corrected chi connectivity index (χ3v) is 3.75. The predicted octanol–water partition coefficient (Wildman–Crippen LogP) is 4.34. The van der Waals surface area contributed by atoms with Crippen LogP contribution >= 0.6 is 27.5 Å². The van der Waals surface area contributed by atoms with Crippen molar-refractivity contribution in [2.75, 3.05) is 11.9 Å². The summed E-state index contributed by atoms with van der Waals surface area (Å²) in [5, 5.41) is 13.7. The molecular formula is C15H12BrClN2O4. The van der Waals surface area contributed by atoms with Crippen molar-refractivity contribution < 1.29 is 14.5 Å². The fourth-order valence-electron chi connectivity index (χ4n) is 1.78. The van der Waals surface area contributed by atoms with Gasteiger partial charge in [0.1, 0.15) is 5.75 Å². The molecule has 120 valence electrons. The molecule has 1 amide bonds. The van der Waals surface area contributed by atoms with Crippen molar-refractivity contribution in [3.63, 3.8) is 0 Å². The number of carbonyl (C=O) groups is 1. The van der Waals surface area contributed by atoms with Gasteiger partial charge in [-0.15, -0.1) is 0 Å². The number of halogens is 2. The van der Waals surface area contributed by atoms with Gasteiger partial charge in [0.15, 0.2) is 6.61 Å². The number of non-ortho nitro benzene ring substituents is 1. The van der Waals surface area contributed by atoms with Gasteiger partial charge in [-0.1, -0.05) is 33.6 Å². The van der Waals surface area contributed by atoms with Crippen LogP contribution in [0.2, 0.25) is 5.02 Å². The minimum atomic E-state index is -0.521. The van der Waals surface area contributed by atoms with Gasteiger partial charge < -0.3 is 10.1 Å². The second-order valence-electron chi connectivity index (χ2n) is 4.67. The molecular weight excluding hydrogens is 388 g/mol. The Labute approximate surface area is 145 Å². The largest absolute Gasteiger partial charge is 0.482 e. The molecule has 0 aliphatic rings. The number of aryl methyl sites for hydroxylation is 1. The summed E-state index contributed by atoms with van der Waals surface area (Å²) in [4.78, 5) is 22.2. The Morgan fingerprint density at radius 2 is 2.09 bits per heavy atom. The van der Waals surface area contributed by atoms with Crippen LogP contribution in [0.3, 0.4) is 0 Å². The molecule has 1 N–H and O–H groups in total. The molecule has 0 heterocycles. The summed E-state index contributed by atoms with van der Waals surface area (Å²) in [5.41, 5.74) is 0.989. The molecule has 2 aromatic rings. The normalized spacial score (nSPS) is 10.2. The number of hydrogen-bond donors (Lipinski definition) is 1. The highest BCUT2D eigenvalue weighted by atomic mass is 79.9. The van der Waals surface area contributed by atoms with Gasteiger partial charge in [-0.3, -0.25) is 14.9 Å². The maximum atomic E-state index is 11.9. The second kappa shape index (κ2) is 7.43. The first-order valence-electron chi connectivity index (χ1n) is 6.49. The van der Waals surface area contributed by atoms with E-state index in [4.69, 9.17) is 16.3 Å². The summed E-state index contributed by atoms with van der Waals surface area (Å²) in [6, 6.07) is 9.28. The molecule has 0 unspecified atom stereocenters. The van der Waals surface area contributed by atoms with E-state index >= 15 is 0 Å². The molecule has 0 aliphatic heterocycles. The number of nitrogens with zero attached hydrogens (tertiary/aromatic N) is 1. The summed E-state index contributed by atoms with van der Waals surface area (Å²) in [6.45, 7) is 1.48. The summed E-state index contributed by atoms with van der Waals surface area (Å²) in [5.74, 6) is -0.0617. The Morgan fingerprint density at radius 3 is 2.74 bits per heavy atom. The SMILES string of the molecule is Cc1ccc([N+](=O)[O-])cc1NC(=O)COc1ccc(Br)cc1Cl. The fraction of sp³-hybridized carbons (Fsp3) is 0.133. The van der Waals surface area contributed by atoms with E-state index < -0.39 is 10.8 Å². The number of nitrogens with one attached hydrogen (secondary N) is 1. The van der Waals surface area contributed by atoms with E-state index in [1.807, 2.05) is 0 Å². The molecule has 0 saturated heterocycles. The molecule has 6 nitrogen and oxygen atoms in total. The number of anilines is 1. The highest BCUT2D eigenvalue weighted by molar-refractivity contribution is 9.10. The van der Waals surface area contributed by atoms with Crippen LogP contribution in [0.25, 0.3) is 0 Å². The average molecular weight is 400 g/mol.